The molecule has 4 aliphatic rings. The molecular formula is C25H33NaO9. The normalized spacial score (nSPS) is 39.9. The molecule has 0 bridgehead atoms. The standard InChI is InChI=1S/C25H32O9.Na.H/c1-23-11-17(28)22-15(16(23)7-8-25(23,33)18(29)12-26)4-3-13-9-14(27)10-19(24(13,22)2)34-21(32)6-5-20(30)31;;/h9,15-16,19,22,26,33H,3-8,10-12H2,1-2H3,(H,30,31);;/q;+1;-1/t15-,16-,19?,22+,23-,24+,25-;;/m0../s1. The van der Waals surface area contributed by atoms with E-state index < -0.39 is 52.8 Å². The Balaban J connectivity index is 0.00000228. The van der Waals surface area contributed by atoms with E-state index in [4.69, 9.17) is 9.84 Å². The molecule has 0 aromatic rings. The fourth-order valence-corrected chi connectivity index (χ4v) is 7.58. The van der Waals surface area contributed by atoms with Crippen molar-refractivity contribution >= 4 is 29.3 Å². The summed E-state index contributed by atoms with van der Waals surface area (Å²) < 4.78 is 5.66. The van der Waals surface area contributed by atoms with Crippen molar-refractivity contribution in [2.45, 2.75) is 76.9 Å². The number of aliphatic carboxylic acids is 1. The Morgan fingerprint density at radius 1 is 1.17 bits per heavy atom. The summed E-state index contributed by atoms with van der Waals surface area (Å²) in [4.78, 5) is 62.0. The number of esters is 1. The monoisotopic (exact) mass is 500 g/mol. The molecule has 0 spiro atoms. The maximum absolute atomic E-state index is 13.7. The van der Waals surface area contributed by atoms with Crippen LogP contribution in [0.5, 0.6) is 0 Å². The summed E-state index contributed by atoms with van der Waals surface area (Å²) >= 11 is 0. The van der Waals surface area contributed by atoms with Crippen molar-refractivity contribution < 1.29 is 75.0 Å². The number of rotatable bonds is 6. The van der Waals surface area contributed by atoms with Crippen molar-refractivity contribution in [3.05, 3.63) is 11.6 Å². The Morgan fingerprint density at radius 3 is 2.49 bits per heavy atom. The first kappa shape index (κ1) is 28.2. The van der Waals surface area contributed by atoms with Crippen LogP contribution in [0.25, 0.3) is 0 Å². The number of hydrogen-bond donors (Lipinski definition) is 3. The van der Waals surface area contributed by atoms with Crippen molar-refractivity contribution in [2.24, 2.45) is 28.6 Å². The molecule has 9 nitrogen and oxygen atoms in total. The number of fused-ring (bicyclic) bond motifs is 5. The van der Waals surface area contributed by atoms with Gasteiger partial charge in [0.05, 0.1) is 12.8 Å². The van der Waals surface area contributed by atoms with E-state index in [1.807, 2.05) is 6.92 Å². The molecule has 10 heteroatoms. The molecule has 35 heavy (non-hydrogen) atoms. The maximum atomic E-state index is 13.7. The number of carbonyl (C=O) groups excluding carboxylic acids is 4. The van der Waals surface area contributed by atoms with E-state index >= 15 is 0 Å². The van der Waals surface area contributed by atoms with Gasteiger partial charge in [-0.1, -0.05) is 19.4 Å². The van der Waals surface area contributed by atoms with E-state index in [0.29, 0.717) is 19.3 Å². The van der Waals surface area contributed by atoms with Gasteiger partial charge in [-0.2, -0.15) is 0 Å². The van der Waals surface area contributed by atoms with Crippen LogP contribution in [0.3, 0.4) is 0 Å². The first-order chi connectivity index (χ1) is 15.9. The summed E-state index contributed by atoms with van der Waals surface area (Å²) in [5.41, 5.74) is -2.93. The minimum atomic E-state index is -1.77. The number of hydrogen-bond acceptors (Lipinski definition) is 8. The van der Waals surface area contributed by atoms with Gasteiger partial charge in [0.15, 0.2) is 11.6 Å². The number of Topliss-reactive ketones (excluding diaryl/α,β-unsaturated/α-hetero) is 2. The van der Waals surface area contributed by atoms with Gasteiger partial charge < -0.3 is 21.5 Å². The van der Waals surface area contributed by atoms with Gasteiger partial charge in [0, 0.05) is 29.6 Å². The molecular weight excluding hydrogens is 467 g/mol. The first-order valence-corrected chi connectivity index (χ1v) is 11.9. The first-order valence-electron chi connectivity index (χ1n) is 11.9. The molecule has 0 aromatic carbocycles. The van der Waals surface area contributed by atoms with E-state index in [2.05, 4.69) is 0 Å². The zero-order valence-electron chi connectivity index (χ0n) is 21.5. The molecule has 0 aliphatic heterocycles. The van der Waals surface area contributed by atoms with Crippen LogP contribution in [0.2, 0.25) is 0 Å². The largest absolute Gasteiger partial charge is 1.00 e. The molecule has 3 saturated carbocycles. The van der Waals surface area contributed by atoms with Crippen LogP contribution in [0, 0.1) is 28.6 Å². The van der Waals surface area contributed by atoms with E-state index in [1.165, 1.54) is 0 Å². The van der Waals surface area contributed by atoms with Crippen LogP contribution in [-0.4, -0.2) is 62.9 Å². The van der Waals surface area contributed by atoms with Gasteiger partial charge in [0.25, 0.3) is 0 Å². The third-order valence-corrected chi connectivity index (χ3v) is 9.31. The minimum Gasteiger partial charge on any atom is -1.00 e. The topological polar surface area (TPSA) is 155 Å². The molecule has 3 fully saturated rings. The summed E-state index contributed by atoms with van der Waals surface area (Å²) in [7, 11) is 0. The number of carboxylic acids is 1. The minimum absolute atomic E-state index is 0. The Morgan fingerprint density at radius 2 is 1.86 bits per heavy atom. The van der Waals surface area contributed by atoms with E-state index in [0.717, 1.165) is 5.57 Å². The van der Waals surface area contributed by atoms with Gasteiger partial charge in [-0.05, 0) is 43.6 Å². The van der Waals surface area contributed by atoms with Crippen LogP contribution in [0.4, 0.5) is 0 Å². The zero-order valence-corrected chi connectivity index (χ0v) is 22.5. The molecule has 0 amide bonds. The van der Waals surface area contributed by atoms with Gasteiger partial charge >= 0.3 is 41.5 Å². The van der Waals surface area contributed by atoms with Gasteiger partial charge in [0.1, 0.15) is 24.1 Å². The number of carboxylic acid groups (broad SMARTS) is 1. The molecule has 0 aromatic heterocycles. The summed E-state index contributed by atoms with van der Waals surface area (Å²) in [6.07, 6.45) is 1.67. The fraction of sp³-hybridized carbons (Fsp3) is 0.720. The number of aliphatic hydroxyl groups is 2. The molecule has 1 unspecified atom stereocenters. The SMILES string of the molecule is C[C@]12CC(=O)[C@H]3[C@@H](CCC4=CC(=O)CC(OC(=O)CCC(=O)O)[C@@]43C)[C@@H]1CC[C@]2(O)C(=O)CO.[H-].[Na+]. The predicted octanol–water partition coefficient (Wildman–Crippen LogP) is -1.51. The van der Waals surface area contributed by atoms with Crippen LogP contribution < -0.4 is 29.6 Å². The smallest absolute Gasteiger partial charge is 1.00 e. The molecule has 0 saturated heterocycles. The van der Waals surface area contributed by atoms with E-state index in [9.17, 15) is 34.2 Å². The number of ether oxygens (including phenoxy) is 1. The second kappa shape index (κ2) is 9.82. The van der Waals surface area contributed by atoms with Crippen molar-refractivity contribution in [1.29, 1.82) is 0 Å². The summed E-state index contributed by atoms with van der Waals surface area (Å²) in [5, 5.41) is 29.6. The average Bonchev–Trinajstić information content (AvgIpc) is 3.03. The Bertz CT molecular complexity index is 996. The molecule has 4 rings (SSSR count). The molecule has 0 radical (unpaired) electrons. The summed E-state index contributed by atoms with van der Waals surface area (Å²) in [6.45, 7) is 2.81. The summed E-state index contributed by atoms with van der Waals surface area (Å²) in [5.74, 6) is -3.74. The Labute approximate surface area is 227 Å². The van der Waals surface area contributed by atoms with Crippen molar-refractivity contribution in [3.63, 3.8) is 0 Å². The van der Waals surface area contributed by atoms with Crippen LogP contribution in [0.15, 0.2) is 11.6 Å². The van der Waals surface area contributed by atoms with Crippen LogP contribution in [-0.2, 0) is 28.7 Å². The third-order valence-electron chi connectivity index (χ3n) is 9.31. The number of carbonyl (C=O) groups is 5. The fourth-order valence-electron chi connectivity index (χ4n) is 7.58. The van der Waals surface area contributed by atoms with Crippen LogP contribution in [0.1, 0.15) is 66.6 Å². The van der Waals surface area contributed by atoms with Crippen molar-refractivity contribution in [2.75, 3.05) is 6.61 Å². The second-order valence-corrected chi connectivity index (χ2v) is 10.8. The molecule has 188 valence electrons. The van der Waals surface area contributed by atoms with Crippen LogP contribution >= 0.6 is 0 Å². The Kier molecular flexibility index (Phi) is 7.91. The number of aliphatic hydroxyl groups excluding tert-OH is 1. The summed E-state index contributed by atoms with van der Waals surface area (Å²) in [6, 6.07) is 0. The molecule has 4 aliphatic carbocycles. The van der Waals surface area contributed by atoms with Gasteiger partial charge in [-0.15, -0.1) is 0 Å². The van der Waals surface area contributed by atoms with Gasteiger partial charge in [-0.25, -0.2) is 0 Å². The third kappa shape index (κ3) is 4.27. The van der Waals surface area contributed by atoms with Gasteiger partial charge in [0.2, 0.25) is 0 Å². The van der Waals surface area contributed by atoms with E-state index in [-0.39, 0.29) is 86.5 Å². The average molecular weight is 501 g/mol. The van der Waals surface area contributed by atoms with Crippen molar-refractivity contribution in [1.82, 2.24) is 0 Å². The van der Waals surface area contributed by atoms with Crippen molar-refractivity contribution in [3.8, 4) is 0 Å². The maximum Gasteiger partial charge on any atom is 1.00 e. The predicted molar refractivity (Wildman–Crippen MR) is 117 cm³/mol. The molecule has 0 heterocycles. The number of ketones is 3. The molecule has 7 atom stereocenters. The molecule has 3 N–H and O–H groups in total. The Hall–Kier alpha value is -1.39. The second-order valence-electron chi connectivity index (χ2n) is 10.8. The van der Waals surface area contributed by atoms with Gasteiger partial charge in [-0.3, -0.25) is 24.0 Å². The van der Waals surface area contributed by atoms with E-state index in [1.54, 1.807) is 13.0 Å². The quantitative estimate of drug-likeness (QED) is 0.292. The zero-order chi connectivity index (χ0) is 25.1.